The van der Waals surface area contributed by atoms with Crippen LogP contribution in [0.15, 0.2) is 11.1 Å². The minimum absolute atomic E-state index is 0.0649. The van der Waals surface area contributed by atoms with E-state index in [0.29, 0.717) is 16.7 Å². The van der Waals surface area contributed by atoms with Gasteiger partial charge in [0.25, 0.3) is 0 Å². The molecule has 4 aliphatic carbocycles. The van der Waals surface area contributed by atoms with Crippen LogP contribution in [-0.4, -0.2) is 11.2 Å². The molecule has 0 bridgehead atoms. The lowest BCUT2D eigenvalue weighted by Crippen LogP contribution is -2.53. The monoisotopic (exact) mass is 414 g/mol. The first kappa shape index (κ1) is 22.9. The van der Waals surface area contributed by atoms with Crippen LogP contribution in [0.5, 0.6) is 0 Å². The molecule has 1 nitrogen and oxygen atoms in total. The average Bonchev–Trinajstić information content (AvgIpc) is 3.02. The van der Waals surface area contributed by atoms with Crippen molar-refractivity contribution < 1.29 is 5.11 Å². The molecule has 2 unspecified atom stereocenters. The molecule has 0 radical (unpaired) electrons. The number of aliphatic hydroxyl groups is 1. The molecule has 0 spiro atoms. The van der Waals surface area contributed by atoms with Crippen molar-refractivity contribution in [3.63, 3.8) is 0 Å². The van der Waals surface area contributed by atoms with E-state index in [-0.39, 0.29) is 11.5 Å². The maximum Gasteiger partial charge on any atom is 0.0594 e. The standard InChI is InChI=1S/C29H50O/c1-19(2)9-8-10-20(3)22-12-13-23-21-11-14-25-27(4,5)26(30)16-18-29(25,7)24(21)15-17-28(22,23)6/h19-20,22-23,25-26,30H,8-18H2,1-7H3/t20-,22-,23+,25?,26?,28-,29-/m1/s1. The highest BCUT2D eigenvalue weighted by Crippen LogP contribution is 2.68. The predicted octanol–water partition coefficient (Wildman–Crippen LogP) is 8.17. The number of allylic oxidation sites excluding steroid dienone is 2. The molecule has 2 fully saturated rings. The van der Waals surface area contributed by atoms with Gasteiger partial charge in [-0.05, 0) is 97.2 Å². The van der Waals surface area contributed by atoms with Crippen LogP contribution in [0.3, 0.4) is 0 Å². The van der Waals surface area contributed by atoms with Gasteiger partial charge < -0.3 is 5.11 Å². The van der Waals surface area contributed by atoms with Crippen molar-refractivity contribution in [3.8, 4) is 0 Å². The molecule has 7 atom stereocenters. The number of rotatable bonds is 5. The summed E-state index contributed by atoms with van der Waals surface area (Å²) in [5, 5.41) is 10.8. The molecule has 30 heavy (non-hydrogen) atoms. The second-order valence-electron chi connectivity index (χ2n) is 13.4. The molecular weight excluding hydrogens is 364 g/mol. The summed E-state index contributed by atoms with van der Waals surface area (Å²) in [5.74, 6) is 4.17. The molecule has 1 heteroatoms. The van der Waals surface area contributed by atoms with Gasteiger partial charge in [0.1, 0.15) is 0 Å². The van der Waals surface area contributed by atoms with Gasteiger partial charge in [-0.1, -0.05) is 78.9 Å². The first-order chi connectivity index (χ1) is 14.0. The molecule has 0 heterocycles. The van der Waals surface area contributed by atoms with Crippen molar-refractivity contribution in [2.24, 2.45) is 45.8 Å². The fourth-order valence-corrected chi connectivity index (χ4v) is 9.31. The van der Waals surface area contributed by atoms with Crippen LogP contribution in [0.2, 0.25) is 0 Å². The molecule has 1 N–H and O–H groups in total. The van der Waals surface area contributed by atoms with E-state index in [9.17, 15) is 5.11 Å². The number of hydrogen-bond donors (Lipinski definition) is 1. The molecule has 172 valence electrons. The number of hydrogen-bond acceptors (Lipinski definition) is 1. The fraction of sp³-hybridized carbons (Fsp3) is 0.931. The SMILES string of the molecule is CC(C)CCC[C@@H](C)[C@H]1CC[C@H]2C3=C(CC[C@]12C)[C@@]1(C)CCC(O)C(C)(C)C1CC3. The van der Waals surface area contributed by atoms with E-state index in [1.807, 2.05) is 11.1 Å². The van der Waals surface area contributed by atoms with Crippen molar-refractivity contribution in [2.45, 2.75) is 125 Å². The highest BCUT2D eigenvalue weighted by Gasteiger charge is 2.59. The summed E-state index contributed by atoms with van der Waals surface area (Å²) in [5.41, 5.74) is 4.73. The Balaban J connectivity index is 1.57. The Hall–Kier alpha value is -0.300. The van der Waals surface area contributed by atoms with Crippen LogP contribution in [0.4, 0.5) is 0 Å². The van der Waals surface area contributed by atoms with Crippen molar-refractivity contribution in [2.75, 3.05) is 0 Å². The highest BCUT2D eigenvalue weighted by molar-refractivity contribution is 5.35. The second-order valence-corrected chi connectivity index (χ2v) is 13.4. The van der Waals surface area contributed by atoms with Crippen molar-refractivity contribution in [1.82, 2.24) is 0 Å². The lowest BCUT2D eigenvalue weighted by atomic mass is 9.46. The third-order valence-electron chi connectivity index (χ3n) is 11.1. The van der Waals surface area contributed by atoms with E-state index in [1.165, 1.54) is 64.2 Å². The Morgan fingerprint density at radius 1 is 0.900 bits per heavy atom. The van der Waals surface area contributed by atoms with Gasteiger partial charge in [0.05, 0.1) is 6.10 Å². The molecular formula is C29H50O. The molecule has 4 rings (SSSR count). The Bertz CT molecular complexity index is 672. The third-order valence-corrected chi connectivity index (χ3v) is 11.1. The smallest absolute Gasteiger partial charge is 0.0594 e. The third kappa shape index (κ3) is 3.45. The zero-order valence-electron chi connectivity index (χ0n) is 21.2. The van der Waals surface area contributed by atoms with E-state index >= 15 is 0 Å². The first-order valence-electron chi connectivity index (χ1n) is 13.4. The first-order valence-corrected chi connectivity index (χ1v) is 13.4. The van der Waals surface area contributed by atoms with Crippen molar-refractivity contribution in [1.29, 1.82) is 0 Å². The average molecular weight is 415 g/mol. The minimum Gasteiger partial charge on any atom is -0.393 e. The van der Waals surface area contributed by atoms with Crippen LogP contribution in [0, 0.1) is 45.8 Å². The van der Waals surface area contributed by atoms with Gasteiger partial charge in [-0.2, -0.15) is 0 Å². The normalized spacial score (nSPS) is 43.9. The lowest BCUT2D eigenvalue weighted by Gasteiger charge is -2.60. The Morgan fingerprint density at radius 2 is 1.63 bits per heavy atom. The van der Waals surface area contributed by atoms with Gasteiger partial charge >= 0.3 is 0 Å². The summed E-state index contributed by atoms with van der Waals surface area (Å²) in [6.07, 6.45) is 14.6. The Morgan fingerprint density at radius 3 is 2.33 bits per heavy atom. The molecule has 0 saturated heterocycles. The summed E-state index contributed by atoms with van der Waals surface area (Å²) in [7, 11) is 0. The number of fused-ring (bicyclic) bond motifs is 4. The Kier molecular flexibility index (Phi) is 6.05. The van der Waals surface area contributed by atoms with Gasteiger partial charge in [0.15, 0.2) is 0 Å². The largest absolute Gasteiger partial charge is 0.393 e. The quantitative estimate of drug-likeness (QED) is 0.450. The zero-order chi connectivity index (χ0) is 21.9. The summed E-state index contributed by atoms with van der Waals surface area (Å²) in [6.45, 7) is 17.3. The van der Waals surface area contributed by atoms with E-state index in [4.69, 9.17) is 0 Å². The molecule has 0 aliphatic heterocycles. The van der Waals surface area contributed by atoms with Crippen LogP contribution < -0.4 is 0 Å². The molecule has 0 aromatic heterocycles. The van der Waals surface area contributed by atoms with Crippen LogP contribution in [0.1, 0.15) is 119 Å². The number of aliphatic hydroxyl groups excluding tert-OH is 1. The summed E-state index contributed by atoms with van der Waals surface area (Å²) in [6, 6.07) is 0. The van der Waals surface area contributed by atoms with Gasteiger partial charge in [0, 0.05) is 0 Å². The van der Waals surface area contributed by atoms with E-state index in [2.05, 4.69) is 48.5 Å². The molecule has 0 aromatic rings. The summed E-state index contributed by atoms with van der Waals surface area (Å²) < 4.78 is 0. The summed E-state index contributed by atoms with van der Waals surface area (Å²) in [4.78, 5) is 0. The van der Waals surface area contributed by atoms with Gasteiger partial charge in [-0.25, -0.2) is 0 Å². The van der Waals surface area contributed by atoms with Gasteiger partial charge in [0.2, 0.25) is 0 Å². The van der Waals surface area contributed by atoms with Crippen molar-refractivity contribution in [3.05, 3.63) is 11.1 Å². The highest BCUT2D eigenvalue weighted by atomic mass is 16.3. The maximum absolute atomic E-state index is 10.8. The van der Waals surface area contributed by atoms with Gasteiger partial charge in [-0.15, -0.1) is 0 Å². The molecule has 0 aromatic carbocycles. The second kappa shape index (κ2) is 7.93. The fourth-order valence-electron chi connectivity index (χ4n) is 9.31. The topological polar surface area (TPSA) is 20.2 Å². The Labute approximate surface area is 187 Å². The summed E-state index contributed by atoms with van der Waals surface area (Å²) >= 11 is 0. The lowest BCUT2D eigenvalue weighted by molar-refractivity contribution is -0.0931. The molecule has 0 amide bonds. The van der Waals surface area contributed by atoms with E-state index in [0.717, 1.165) is 30.1 Å². The minimum atomic E-state index is -0.117. The van der Waals surface area contributed by atoms with Crippen LogP contribution in [0.25, 0.3) is 0 Å². The maximum atomic E-state index is 10.8. The predicted molar refractivity (Wildman–Crippen MR) is 128 cm³/mol. The van der Waals surface area contributed by atoms with Crippen LogP contribution in [-0.2, 0) is 0 Å². The van der Waals surface area contributed by atoms with Gasteiger partial charge in [-0.3, -0.25) is 0 Å². The molecule has 4 aliphatic rings. The molecule has 2 saturated carbocycles. The van der Waals surface area contributed by atoms with E-state index < -0.39 is 0 Å². The van der Waals surface area contributed by atoms with Crippen LogP contribution >= 0.6 is 0 Å². The zero-order valence-corrected chi connectivity index (χ0v) is 21.2. The van der Waals surface area contributed by atoms with Crippen molar-refractivity contribution >= 4 is 0 Å². The van der Waals surface area contributed by atoms with E-state index in [1.54, 1.807) is 0 Å².